The molecule has 2 nitrogen and oxygen atoms in total. The van der Waals surface area contributed by atoms with Crippen LogP contribution >= 0.6 is 12.2 Å². The standard InChI is InChI=1S/C17H18N2S/c1-13(2)12-18-17(20)19-16-10-8-15(9-11-16)14-6-4-3-5-7-14/h3-11H,1,12H2,2H3,(H2,18,19,20). The van der Waals surface area contributed by atoms with Gasteiger partial charge in [-0.05, 0) is 42.4 Å². The number of benzene rings is 2. The molecule has 0 unspecified atom stereocenters. The van der Waals surface area contributed by atoms with E-state index in [1.807, 2.05) is 37.3 Å². The predicted octanol–water partition coefficient (Wildman–Crippen LogP) is 4.22. The Morgan fingerprint density at radius 2 is 1.60 bits per heavy atom. The first kappa shape index (κ1) is 14.3. The molecule has 0 bridgehead atoms. The van der Waals surface area contributed by atoms with E-state index in [-0.39, 0.29) is 0 Å². The number of hydrogen-bond donors (Lipinski definition) is 2. The van der Waals surface area contributed by atoms with E-state index in [1.165, 1.54) is 11.1 Å². The summed E-state index contributed by atoms with van der Waals surface area (Å²) in [6, 6.07) is 18.5. The second-order valence-corrected chi connectivity index (χ2v) is 5.12. The molecule has 0 aromatic heterocycles. The molecule has 0 fully saturated rings. The third kappa shape index (κ3) is 4.21. The summed E-state index contributed by atoms with van der Waals surface area (Å²) in [7, 11) is 0. The number of rotatable bonds is 4. The zero-order chi connectivity index (χ0) is 14.4. The van der Waals surface area contributed by atoms with Crippen molar-refractivity contribution in [3.8, 4) is 11.1 Å². The average molecular weight is 282 g/mol. The largest absolute Gasteiger partial charge is 0.359 e. The first-order valence-corrected chi connectivity index (χ1v) is 6.91. The van der Waals surface area contributed by atoms with Gasteiger partial charge in [-0.25, -0.2) is 0 Å². The van der Waals surface area contributed by atoms with Gasteiger partial charge in [-0.15, -0.1) is 0 Å². The quantitative estimate of drug-likeness (QED) is 0.648. The van der Waals surface area contributed by atoms with Crippen molar-refractivity contribution < 1.29 is 0 Å². The van der Waals surface area contributed by atoms with Crippen LogP contribution in [0.15, 0.2) is 66.7 Å². The van der Waals surface area contributed by atoms with E-state index < -0.39 is 0 Å². The van der Waals surface area contributed by atoms with E-state index in [9.17, 15) is 0 Å². The van der Waals surface area contributed by atoms with Crippen LogP contribution in [0.3, 0.4) is 0 Å². The van der Waals surface area contributed by atoms with Gasteiger partial charge in [0.2, 0.25) is 0 Å². The van der Waals surface area contributed by atoms with Crippen molar-refractivity contribution in [2.75, 3.05) is 11.9 Å². The highest BCUT2D eigenvalue weighted by molar-refractivity contribution is 7.80. The van der Waals surface area contributed by atoms with Crippen LogP contribution in [0.2, 0.25) is 0 Å². The van der Waals surface area contributed by atoms with Crippen LogP contribution in [-0.2, 0) is 0 Å². The molecule has 0 amide bonds. The molecule has 0 heterocycles. The Labute approximate surface area is 125 Å². The Bertz CT molecular complexity index is 588. The monoisotopic (exact) mass is 282 g/mol. The van der Waals surface area contributed by atoms with E-state index in [4.69, 9.17) is 12.2 Å². The lowest BCUT2D eigenvalue weighted by Gasteiger charge is -2.11. The molecule has 0 saturated carbocycles. The smallest absolute Gasteiger partial charge is 0.171 e. The number of anilines is 1. The zero-order valence-corrected chi connectivity index (χ0v) is 12.3. The van der Waals surface area contributed by atoms with Crippen LogP contribution in [0.1, 0.15) is 6.92 Å². The molecule has 0 radical (unpaired) electrons. The minimum absolute atomic E-state index is 0.612. The van der Waals surface area contributed by atoms with E-state index in [0.717, 1.165) is 11.3 Å². The van der Waals surface area contributed by atoms with E-state index in [1.54, 1.807) is 0 Å². The lowest BCUT2D eigenvalue weighted by molar-refractivity contribution is 1.000. The third-order valence-corrected chi connectivity index (χ3v) is 3.05. The summed E-state index contributed by atoms with van der Waals surface area (Å²) in [6.07, 6.45) is 0. The van der Waals surface area contributed by atoms with Gasteiger partial charge < -0.3 is 10.6 Å². The fourth-order valence-electron chi connectivity index (χ4n) is 1.78. The molecule has 0 spiro atoms. The van der Waals surface area contributed by atoms with Gasteiger partial charge in [0.05, 0.1) is 0 Å². The van der Waals surface area contributed by atoms with Crippen molar-refractivity contribution in [3.05, 3.63) is 66.7 Å². The van der Waals surface area contributed by atoms with Gasteiger partial charge in [0.25, 0.3) is 0 Å². The summed E-state index contributed by atoms with van der Waals surface area (Å²) < 4.78 is 0. The van der Waals surface area contributed by atoms with Crippen molar-refractivity contribution in [2.45, 2.75) is 6.92 Å². The highest BCUT2D eigenvalue weighted by Crippen LogP contribution is 2.20. The van der Waals surface area contributed by atoms with Crippen LogP contribution < -0.4 is 10.6 Å². The van der Waals surface area contributed by atoms with Gasteiger partial charge in [-0.2, -0.15) is 0 Å². The van der Waals surface area contributed by atoms with Crippen LogP contribution in [0.5, 0.6) is 0 Å². The molecule has 2 aromatic rings. The van der Waals surface area contributed by atoms with Crippen LogP contribution in [0.4, 0.5) is 5.69 Å². The van der Waals surface area contributed by atoms with Gasteiger partial charge in [-0.3, -0.25) is 0 Å². The van der Waals surface area contributed by atoms with Crippen molar-refractivity contribution in [1.82, 2.24) is 5.32 Å². The average Bonchev–Trinajstić information content (AvgIpc) is 2.47. The fraction of sp³-hybridized carbons (Fsp3) is 0.118. The Balaban J connectivity index is 1.98. The lowest BCUT2D eigenvalue weighted by Crippen LogP contribution is -2.29. The van der Waals surface area contributed by atoms with Crippen molar-refractivity contribution in [2.24, 2.45) is 0 Å². The fourth-order valence-corrected chi connectivity index (χ4v) is 1.97. The van der Waals surface area contributed by atoms with Gasteiger partial charge in [-0.1, -0.05) is 54.6 Å². The summed E-state index contributed by atoms with van der Waals surface area (Å²) in [5.41, 5.74) is 4.43. The normalized spacial score (nSPS) is 9.85. The summed E-state index contributed by atoms with van der Waals surface area (Å²) in [5, 5.41) is 6.86. The minimum atomic E-state index is 0.612. The first-order valence-electron chi connectivity index (χ1n) is 6.50. The van der Waals surface area contributed by atoms with Crippen molar-refractivity contribution in [1.29, 1.82) is 0 Å². The summed E-state index contributed by atoms with van der Waals surface area (Å²) in [6.45, 7) is 6.48. The zero-order valence-electron chi connectivity index (χ0n) is 11.5. The van der Waals surface area contributed by atoms with Crippen LogP contribution in [0.25, 0.3) is 11.1 Å². The van der Waals surface area contributed by atoms with E-state index in [2.05, 4.69) is 41.5 Å². The second-order valence-electron chi connectivity index (χ2n) is 4.71. The van der Waals surface area contributed by atoms with E-state index in [0.29, 0.717) is 11.7 Å². The van der Waals surface area contributed by atoms with Gasteiger partial charge in [0, 0.05) is 12.2 Å². The lowest BCUT2D eigenvalue weighted by atomic mass is 10.1. The summed E-state index contributed by atoms with van der Waals surface area (Å²) >= 11 is 5.22. The van der Waals surface area contributed by atoms with Crippen molar-refractivity contribution >= 4 is 23.0 Å². The highest BCUT2D eigenvalue weighted by Gasteiger charge is 1.99. The first-order chi connectivity index (χ1) is 9.65. The minimum Gasteiger partial charge on any atom is -0.359 e. The Morgan fingerprint density at radius 3 is 2.20 bits per heavy atom. The number of hydrogen-bond acceptors (Lipinski definition) is 1. The van der Waals surface area contributed by atoms with Crippen molar-refractivity contribution in [3.63, 3.8) is 0 Å². The second kappa shape index (κ2) is 6.87. The molecule has 0 atom stereocenters. The Morgan fingerprint density at radius 1 is 1.00 bits per heavy atom. The summed E-state index contributed by atoms with van der Waals surface area (Å²) in [5.74, 6) is 0. The predicted molar refractivity (Wildman–Crippen MR) is 90.9 cm³/mol. The molecule has 20 heavy (non-hydrogen) atoms. The molecule has 0 aliphatic heterocycles. The molecular formula is C17H18N2S. The van der Waals surface area contributed by atoms with Gasteiger partial charge in [0.15, 0.2) is 5.11 Å². The third-order valence-electron chi connectivity index (χ3n) is 2.80. The highest BCUT2D eigenvalue weighted by atomic mass is 32.1. The molecule has 2 rings (SSSR count). The Hall–Kier alpha value is -2.13. The molecule has 3 heteroatoms. The van der Waals surface area contributed by atoms with Gasteiger partial charge in [0.1, 0.15) is 0 Å². The molecule has 0 aliphatic carbocycles. The molecule has 0 aliphatic rings. The number of nitrogens with one attached hydrogen (secondary N) is 2. The van der Waals surface area contributed by atoms with Gasteiger partial charge >= 0.3 is 0 Å². The molecule has 2 N–H and O–H groups in total. The maximum absolute atomic E-state index is 5.22. The molecule has 2 aromatic carbocycles. The number of thiocarbonyl (C=S) groups is 1. The Kier molecular flexibility index (Phi) is 4.91. The molecule has 0 saturated heterocycles. The molecular weight excluding hydrogens is 264 g/mol. The maximum atomic E-state index is 5.22. The SMILES string of the molecule is C=C(C)CNC(=S)Nc1ccc(-c2ccccc2)cc1. The van der Waals surface area contributed by atoms with Crippen LogP contribution in [0, 0.1) is 0 Å². The van der Waals surface area contributed by atoms with Crippen LogP contribution in [-0.4, -0.2) is 11.7 Å². The molecule has 102 valence electrons. The maximum Gasteiger partial charge on any atom is 0.171 e. The topological polar surface area (TPSA) is 24.1 Å². The summed E-state index contributed by atoms with van der Waals surface area (Å²) in [4.78, 5) is 0. The van der Waals surface area contributed by atoms with E-state index >= 15 is 0 Å².